The smallest absolute Gasteiger partial charge is 0.239 e. The normalized spacial score (nSPS) is 10.9. The summed E-state index contributed by atoms with van der Waals surface area (Å²) in [7, 11) is 1.20. The number of phenols is 4. The Bertz CT molecular complexity index is 996. The first-order valence-electron chi connectivity index (χ1n) is 6.63. The van der Waals surface area contributed by atoms with Crippen molar-refractivity contribution in [2.45, 2.75) is 0 Å². The standard InChI is InChI=1S/C16H12O8/c1-23-16-14(22)12-8(18)4-7(17)5-11(12)24-15(16)6-2-9(19)13(21)10(20)3-6/h2-5,17-21H,1H3/p-1. The lowest BCUT2D eigenvalue weighted by molar-refractivity contribution is -0.272. The van der Waals surface area contributed by atoms with E-state index in [0.717, 1.165) is 24.3 Å². The first-order chi connectivity index (χ1) is 11.3. The van der Waals surface area contributed by atoms with Crippen molar-refractivity contribution in [3.63, 3.8) is 0 Å². The van der Waals surface area contributed by atoms with Gasteiger partial charge in [0, 0.05) is 17.7 Å². The molecule has 0 saturated carbocycles. The molecule has 0 fully saturated rings. The van der Waals surface area contributed by atoms with E-state index in [2.05, 4.69) is 0 Å². The Balaban J connectivity index is 2.42. The van der Waals surface area contributed by atoms with E-state index in [1.54, 1.807) is 0 Å². The molecule has 1 heterocycles. The topological polar surface area (TPSA) is 143 Å². The summed E-state index contributed by atoms with van der Waals surface area (Å²) in [5.41, 5.74) is -0.863. The van der Waals surface area contributed by atoms with Gasteiger partial charge in [-0.3, -0.25) is 4.79 Å². The number of benzene rings is 2. The van der Waals surface area contributed by atoms with Crippen molar-refractivity contribution in [3.8, 4) is 45.8 Å². The fourth-order valence-corrected chi connectivity index (χ4v) is 2.37. The summed E-state index contributed by atoms with van der Waals surface area (Å²) in [6.07, 6.45) is 0. The van der Waals surface area contributed by atoms with Crippen LogP contribution in [0.2, 0.25) is 0 Å². The third-order valence-corrected chi connectivity index (χ3v) is 3.43. The van der Waals surface area contributed by atoms with Crippen molar-refractivity contribution in [1.82, 2.24) is 0 Å². The molecule has 8 heteroatoms. The average Bonchev–Trinajstić information content (AvgIpc) is 2.51. The molecule has 3 aromatic rings. The van der Waals surface area contributed by atoms with Crippen LogP contribution >= 0.6 is 0 Å². The lowest BCUT2D eigenvalue weighted by Crippen LogP contribution is -2.08. The first kappa shape index (κ1) is 15.3. The van der Waals surface area contributed by atoms with Crippen LogP contribution in [0.4, 0.5) is 0 Å². The van der Waals surface area contributed by atoms with E-state index in [-0.39, 0.29) is 33.8 Å². The first-order valence-corrected chi connectivity index (χ1v) is 6.63. The Kier molecular flexibility index (Phi) is 3.37. The predicted molar refractivity (Wildman–Crippen MR) is 80.6 cm³/mol. The molecule has 0 radical (unpaired) electrons. The summed E-state index contributed by atoms with van der Waals surface area (Å²) in [6.45, 7) is 0. The van der Waals surface area contributed by atoms with Crippen molar-refractivity contribution in [3.05, 3.63) is 34.5 Å². The quantitative estimate of drug-likeness (QED) is 0.551. The van der Waals surface area contributed by atoms with Crippen LogP contribution in [0.3, 0.4) is 0 Å². The second kappa shape index (κ2) is 5.27. The highest BCUT2D eigenvalue weighted by molar-refractivity contribution is 5.88. The van der Waals surface area contributed by atoms with E-state index < -0.39 is 28.4 Å². The number of hydrogen-bond acceptors (Lipinski definition) is 8. The van der Waals surface area contributed by atoms with Crippen molar-refractivity contribution in [2.24, 2.45) is 0 Å². The van der Waals surface area contributed by atoms with Gasteiger partial charge in [0.2, 0.25) is 11.2 Å². The summed E-state index contributed by atoms with van der Waals surface area (Å²) in [5.74, 6) is -3.78. The molecule has 3 rings (SSSR count). The van der Waals surface area contributed by atoms with Crippen LogP contribution in [0.1, 0.15) is 0 Å². The molecule has 0 bridgehead atoms. The molecular weight excluding hydrogens is 320 g/mol. The molecule has 0 aliphatic carbocycles. The molecule has 0 aliphatic rings. The highest BCUT2D eigenvalue weighted by atomic mass is 16.5. The lowest BCUT2D eigenvalue weighted by Gasteiger charge is -2.14. The Morgan fingerprint density at radius 1 is 1.00 bits per heavy atom. The maximum Gasteiger partial charge on any atom is 0.239 e. The zero-order chi connectivity index (χ0) is 17.6. The van der Waals surface area contributed by atoms with Crippen molar-refractivity contribution in [1.29, 1.82) is 0 Å². The molecule has 8 nitrogen and oxygen atoms in total. The van der Waals surface area contributed by atoms with Gasteiger partial charge in [-0.25, -0.2) is 0 Å². The third-order valence-electron chi connectivity index (χ3n) is 3.43. The Labute approximate surface area is 134 Å². The van der Waals surface area contributed by atoms with E-state index in [4.69, 9.17) is 9.15 Å². The Morgan fingerprint density at radius 2 is 1.62 bits per heavy atom. The van der Waals surface area contributed by atoms with Gasteiger partial charge in [-0.15, -0.1) is 0 Å². The highest BCUT2D eigenvalue weighted by Crippen LogP contribution is 2.41. The number of rotatable bonds is 2. The summed E-state index contributed by atoms with van der Waals surface area (Å²) in [5, 5.41) is 49.7. The van der Waals surface area contributed by atoms with Crippen LogP contribution in [-0.4, -0.2) is 27.5 Å². The zero-order valence-corrected chi connectivity index (χ0v) is 12.2. The Hall–Kier alpha value is -3.55. The second-order valence-corrected chi connectivity index (χ2v) is 4.98. The predicted octanol–water partition coefficient (Wildman–Crippen LogP) is 1.36. The molecule has 1 aromatic heterocycles. The summed E-state index contributed by atoms with van der Waals surface area (Å²) in [4.78, 5) is 12.5. The highest BCUT2D eigenvalue weighted by Gasteiger charge is 2.21. The molecule has 4 N–H and O–H groups in total. The monoisotopic (exact) mass is 331 g/mol. The minimum absolute atomic E-state index is 0.00304. The fourth-order valence-electron chi connectivity index (χ4n) is 2.37. The van der Waals surface area contributed by atoms with E-state index in [1.807, 2.05) is 0 Å². The van der Waals surface area contributed by atoms with Gasteiger partial charge < -0.3 is 34.7 Å². The van der Waals surface area contributed by atoms with Gasteiger partial charge in [-0.05, 0) is 17.9 Å². The molecule has 2 aromatic carbocycles. The van der Waals surface area contributed by atoms with Gasteiger partial charge in [0.15, 0.2) is 5.76 Å². The van der Waals surface area contributed by atoms with E-state index in [0.29, 0.717) is 0 Å². The molecule has 0 saturated heterocycles. The molecule has 124 valence electrons. The zero-order valence-electron chi connectivity index (χ0n) is 12.2. The van der Waals surface area contributed by atoms with Gasteiger partial charge in [0.1, 0.15) is 34.0 Å². The number of hydrogen-bond donors (Lipinski definition) is 4. The average molecular weight is 331 g/mol. The number of ether oxygens (including phenoxy) is 1. The number of aromatic hydroxyl groups is 4. The van der Waals surface area contributed by atoms with Gasteiger partial charge in [0.25, 0.3) is 0 Å². The molecule has 0 amide bonds. The van der Waals surface area contributed by atoms with E-state index in [1.165, 1.54) is 7.11 Å². The lowest BCUT2D eigenvalue weighted by atomic mass is 10.1. The van der Waals surface area contributed by atoms with Crippen LogP contribution in [-0.2, 0) is 0 Å². The maximum absolute atomic E-state index is 12.5. The van der Waals surface area contributed by atoms with Crippen LogP contribution in [0.25, 0.3) is 22.3 Å². The van der Waals surface area contributed by atoms with Crippen LogP contribution < -0.4 is 15.3 Å². The Morgan fingerprint density at radius 3 is 2.21 bits per heavy atom. The third kappa shape index (κ3) is 2.21. The largest absolute Gasteiger partial charge is 0.867 e. The molecule has 0 unspecified atom stereocenters. The van der Waals surface area contributed by atoms with Crippen molar-refractivity contribution in [2.75, 3.05) is 7.11 Å². The summed E-state index contributed by atoms with van der Waals surface area (Å²) >= 11 is 0. The summed E-state index contributed by atoms with van der Waals surface area (Å²) in [6, 6.07) is 4.08. The van der Waals surface area contributed by atoms with Gasteiger partial charge in [-0.1, -0.05) is 0 Å². The minimum Gasteiger partial charge on any atom is -0.867 e. The van der Waals surface area contributed by atoms with Crippen molar-refractivity contribution >= 4 is 11.0 Å². The number of phenolic OH excluding ortho intramolecular Hbond substituents is 4. The summed E-state index contributed by atoms with van der Waals surface area (Å²) < 4.78 is 10.5. The SMILES string of the molecule is COc1c(-c2cc(O)c([O-])c(O)c2)oc2cc(O)cc(O)c2c1=O. The van der Waals surface area contributed by atoms with Crippen LogP contribution in [0, 0.1) is 0 Å². The van der Waals surface area contributed by atoms with Gasteiger partial charge >= 0.3 is 0 Å². The van der Waals surface area contributed by atoms with E-state index >= 15 is 0 Å². The van der Waals surface area contributed by atoms with Gasteiger partial charge in [0.05, 0.1) is 7.11 Å². The second-order valence-electron chi connectivity index (χ2n) is 4.98. The number of methoxy groups -OCH3 is 1. The molecule has 24 heavy (non-hydrogen) atoms. The van der Waals surface area contributed by atoms with Gasteiger partial charge in [-0.2, -0.15) is 0 Å². The maximum atomic E-state index is 12.5. The fraction of sp³-hybridized carbons (Fsp3) is 0.0625. The minimum atomic E-state index is -0.976. The molecular formula is C16H11O8-. The molecule has 0 aliphatic heterocycles. The van der Waals surface area contributed by atoms with Crippen molar-refractivity contribution < 1.29 is 34.7 Å². The molecule has 0 atom stereocenters. The van der Waals surface area contributed by atoms with E-state index in [9.17, 15) is 30.3 Å². The van der Waals surface area contributed by atoms with Crippen LogP contribution in [0.15, 0.2) is 33.5 Å². The number of fused-ring (bicyclic) bond motifs is 1. The van der Waals surface area contributed by atoms with Crippen LogP contribution in [0.5, 0.6) is 34.5 Å². The molecule has 0 spiro atoms.